The van der Waals surface area contributed by atoms with Crippen LogP contribution < -0.4 is 0 Å². The molecule has 2 aliphatic rings. The Labute approximate surface area is 161 Å². The second kappa shape index (κ2) is 9.33. The Morgan fingerprint density at radius 2 is 1.78 bits per heavy atom. The SMILES string of the molecule is C#CCCC#COC(=O)C1=C(C)N(C)C(C)=C(C(=O)O)C1C1CCCCC1. The molecule has 0 aromatic heterocycles. The number of rotatable bonds is 4. The van der Waals surface area contributed by atoms with Gasteiger partial charge in [-0.25, -0.2) is 9.59 Å². The number of carbonyl (C=O) groups excluding carboxylic acids is 1. The Morgan fingerprint density at radius 3 is 2.37 bits per heavy atom. The maximum atomic E-state index is 12.8. The quantitative estimate of drug-likeness (QED) is 0.465. The molecular weight excluding hydrogens is 342 g/mol. The molecule has 144 valence electrons. The zero-order valence-electron chi connectivity index (χ0n) is 16.3. The normalized spacial score (nSPS) is 20.7. The minimum Gasteiger partial charge on any atom is -0.478 e. The number of hydrogen-bond donors (Lipinski definition) is 1. The number of esters is 1. The fraction of sp³-hybridized carbons (Fsp3) is 0.545. The van der Waals surface area contributed by atoms with Crippen molar-refractivity contribution in [2.75, 3.05) is 7.05 Å². The van der Waals surface area contributed by atoms with Gasteiger partial charge in [-0.1, -0.05) is 25.2 Å². The molecule has 27 heavy (non-hydrogen) atoms. The van der Waals surface area contributed by atoms with Gasteiger partial charge in [-0.2, -0.15) is 0 Å². The van der Waals surface area contributed by atoms with Crippen LogP contribution in [0.1, 0.15) is 58.8 Å². The third kappa shape index (κ3) is 4.55. The van der Waals surface area contributed by atoms with E-state index in [2.05, 4.69) is 17.9 Å². The molecule has 0 bridgehead atoms. The summed E-state index contributed by atoms with van der Waals surface area (Å²) in [7, 11) is 1.77. The molecule has 1 fully saturated rings. The highest BCUT2D eigenvalue weighted by Gasteiger charge is 2.42. The van der Waals surface area contributed by atoms with Gasteiger partial charge < -0.3 is 14.7 Å². The van der Waals surface area contributed by atoms with Crippen molar-refractivity contribution in [3.63, 3.8) is 0 Å². The van der Waals surface area contributed by atoms with Crippen molar-refractivity contribution in [2.24, 2.45) is 11.8 Å². The number of ether oxygens (including phenoxy) is 1. The zero-order chi connectivity index (χ0) is 20.0. The number of carboxylic acid groups (broad SMARTS) is 1. The molecule has 0 amide bonds. The second-order valence-corrected chi connectivity index (χ2v) is 7.11. The third-order valence-electron chi connectivity index (χ3n) is 5.59. The van der Waals surface area contributed by atoms with Gasteiger partial charge in [0.05, 0.1) is 11.1 Å². The second-order valence-electron chi connectivity index (χ2n) is 7.11. The van der Waals surface area contributed by atoms with Crippen molar-refractivity contribution in [3.8, 4) is 24.4 Å². The zero-order valence-corrected chi connectivity index (χ0v) is 16.3. The molecule has 1 unspecified atom stereocenters. The predicted octanol–water partition coefficient (Wildman–Crippen LogP) is 3.68. The van der Waals surface area contributed by atoms with Gasteiger partial charge in [0, 0.05) is 37.2 Å². The van der Waals surface area contributed by atoms with Crippen molar-refractivity contribution in [3.05, 3.63) is 22.5 Å². The Kier molecular flexibility index (Phi) is 7.13. The summed E-state index contributed by atoms with van der Waals surface area (Å²) in [6.07, 6.45) is 13.6. The molecule has 0 aromatic carbocycles. The van der Waals surface area contributed by atoms with E-state index in [1.54, 1.807) is 18.9 Å². The highest BCUT2D eigenvalue weighted by atomic mass is 16.5. The monoisotopic (exact) mass is 369 g/mol. The number of nitrogens with zero attached hydrogens (tertiary/aromatic N) is 1. The number of hydrogen-bond acceptors (Lipinski definition) is 4. The van der Waals surface area contributed by atoms with Crippen LogP contribution in [0.25, 0.3) is 0 Å². The van der Waals surface area contributed by atoms with Crippen LogP contribution in [-0.2, 0) is 14.3 Å². The molecule has 1 saturated carbocycles. The number of allylic oxidation sites excluding steroid dienone is 2. The number of terminal acetylenes is 1. The summed E-state index contributed by atoms with van der Waals surface area (Å²) >= 11 is 0. The summed E-state index contributed by atoms with van der Waals surface area (Å²) in [5.74, 6) is 3.32. The average Bonchev–Trinajstić information content (AvgIpc) is 2.65. The Hall–Kier alpha value is -2.66. The van der Waals surface area contributed by atoms with Gasteiger partial charge in [0.2, 0.25) is 0 Å². The topological polar surface area (TPSA) is 66.8 Å². The molecule has 1 atom stereocenters. The highest BCUT2D eigenvalue weighted by molar-refractivity contribution is 5.97. The van der Waals surface area contributed by atoms with Gasteiger partial charge in [0.15, 0.2) is 0 Å². The molecular formula is C22H27NO4. The van der Waals surface area contributed by atoms with Crippen LogP contribution in [0.15, 0.2) is 22.5 Å². The van der Waals surface area contributed by atoms with Gasteiger partial charge in [-0.05, 0) is 32.6 Å². The first kappa shape index (κ1) is 20.6. The highest BCUT2D eigenvalue weighted by Crippen LogP contribution is 2.44. The van der Waals surface area contributed by atoms with E-state index >= 15 is 0 Å². The molecule has 5 nitrogen and oxygen atoms in total. The van der Waals surface area contributed by atoms with Crippen molar-refractivity contribution >= 4 is 11.9 Å². The lowest BCUT2D eigenvalue weighted by atomic mass is 9.70. The van der Waals surface area contributed by atoms with E-state index in [9.17, 15) is 14.7 Å². The molecule has 2 rings (SSSR count). The average molecular weight is 369 g/mol. The molecule has 0 aromatic rings. The van der Waals surface area contributed by atoms with E-state index < -0.39 is 17.9 Å². The van der Waals surface area contributed by atoms with Gasteiger partial charge in [-0.3, -0.25) is 0 Å². The van der Waals surface area contributed by atoms with E-state index in [4.69, 9.17) is 11.2 Å². The van der Waals surface area contributed by atoms with Gasteiger partial charge >= 0.3 is 11.9 Å². The minimum absolute atomic E-state index is 0.125. The lowest BCUT2D eigenvalue weighted by molar-refractivity contribution is -0.134. The molecule has 5 heteroatoms. The van der Waals surface area contributed by atoms with Gasteiger partial charge in [0.1, 0.15) is 6.11 Å². The summed E-state index contributed by atoms with van der Waals surface area (Å²) in [6, 6.07) is 0. The Bertz CT molecular complexity index is 766. The fourth-order valence-electron chi connectivity index (χ4n) is 4.03. The van der Waals surface area contributed by atoms with Crippen LogP contribution in [-0.4, -0.2) is 29.0 Å². The van der Waals surface area contributed by atoms with Crippen LogP contribution in [0.4, 0.5) is 0 Å². The van der Waals surface area contributed by atoms with Crippen molar-refractivity contribution in [2.45, 2.75) is 58.8 Å². The van der Waals surface area contributed by atoms with E-state index in [1.165, 1.54) is 0 Å². The van der Waals surface area contributed by atoms with Crippen molar-refractivity contribution < 1.29 is 19.4 Å². The lowest BCUT2D eigenvalue weighted by Gasteiger charge is -2.39. The largest absolute Gasteiger partial charge is 0.478 e. The summed E-state index contributed by atoms with van der Waals surface area (Å²) in [6.45, 7) is 3.63. The van der Waals surface area contributed by atoms with Crippen LogP contribution in [0.3, 0.4) is 0 Å². The smallest absolute Gasteiger partial charge is 0.350 e. The van der Waals surface area contributed by atoms with Gasteiger partial charge in [0.25, 0.3) is 0 Å². The number of aliphatic carboxylic acids is 1. The standard InChI is InChI=1S/C22H27NO4/c1-5-6-7-11-14-27-22(26)19-16(3)23(4)15(2)18(21(24)25)20(19)17-12-9-8-10-13-17/h1,17,20H,6-10,12-13H2,2-4H3,(H,24,25). The first-order valence-corrected chi connectivity index (χ1v) is 9.41. The predicted molar refractivity (Wildman–Crippen MR) is 103 cm³/mol. The minimum atomic E-state index is -0.979. The first-order chi connectivity index (χ1) is 12.9. The fourth-order valence-corrected chi connectivity index (χ4v) is 4.03. The number of unbranched alkanes of at least 4 members (excludes halogenated alkanes) is 1. The van der Waals surface area contributed by atoms with Crippen LogP contribution in [0, 0.1) is 36.2 Å². The maximum Gasteiger partial charge on any atom is 0.350 e. The van der Waals surface area contributed by atoms with Crippen molar-refractivity contribution in [1.82, 2.24) is 4.90 Å². The van der Waals surface area contributed by atoms with Crippen LogP contribution >= 0.6 is 0 Å². The lowest BCUT2D eigenvalue weighted by Crippen LogP contribution is -2.37. The molecule has 1 aliphatic carbocycles. The first-order valence-electron chi connectivity index (χ1n) is 9.41. The Morgan fingerprint density at radius 1 is 1.15 bits per heavy atom. The van der Waals surface area contributed by atoms with E-state index in [0.717, 1.165) is 37.8 Å². The third-order valence-corrected chi connectivity index (χ3v) is 5.59. The van der Waals surface area contributed by atoms with E-state index in [1.807, 2.05) is 6.92 Å². The van der Waals surface area contributed by atoms with E-state index in [0.29, 0.717) is 29.7 Å². The molecule has 1 aliphatic heterocycles. The molecule has 0 radical (unpaired) electrons. The van der Waals surface area contributed by atoms with Gasteiger partial charge in [-0.15, -0.1) is 12.3 Å². The maximum absolute atomic E-state index is 12.8. The van der Waals surface area contributed by atoms with E-state index in [-0.39, 0.29) is 5.92 Å². The number of carbonyl (C=O) groups is 2. The number of carboxylic acids is 1. The summed E-state index contributed by atoms with van der Waals surface area (Å²) in [5, 5.41) is 9.88. The van der Waals surface area contributed by atoms with Crippen LogP contribution in [0.5, 0.6) is 0 Å². The molecule has 0 saturated heterocycles. The summed E-state index contributed by atoms with van der Waals surface area (Å²) in [5.41, 5.74) is 2.11. The summed E-state index contributed by atoms with van der Waals surface area (Å²) < 4.78 is 5.16. The van der Waals surface area contributed by atoms with Crippen LogP contribution in [0.2, 0.25) is 0 Å². The molecule has 0 spiro atoms. The molecule has 1 heterocycles. The summed E-state index contributed by atoms with van der Waals surface area (Å²) in [4.78, 5) is 26.7. The Balaban J connectivity index is 2.40. The molecule has 1 N–H and O–H groups in total. The van der Waals surface area contributed by atoms with Crippen molar-refractivity contribution in [1.29, 1.82) is 0 Å².